The zero-order chi connectivity index (χ0) is 22.7. The summed E-state index contributed by atoms with van der Waals surface area (Å²) < 4.78 is 35.5. The van der Waals surface area contributed by atoms with Crippen molar-refractivity contribution in [3.05, 3.63) is 0 Å². The minimum atomic E-state index is -4.82. The summed E-state index contributed by atoms with van der Waals surface area (Å²) in [5.41, 5.74) is 0. The summed E-state index contributed by atoms with van der Waals surface area (Å²) in [5, 5.41) is 6.56. The summed E-state index contributed by atoms with van der Waals surface area (Å²) in [6.45, 7) is 2.38. The largest absolute Gasteiger partial charge is 1.00 e. The molecule has 0 radical (unpaired) electrons. The van der Waals surface area contributed by atoms with Crippen LogP contribution in [0.2, 0.25) is 0 Å². The summed E-state index contributed by atoms with van der Waals surface area (Å²) in [4.78, 5) is 22.3. The third-order valence-electron chi connectivity index (χ3n) is 5.25. The predicted octanol–water partition coefficient (Wildman–Crippen LogP) is 2.53. The standard InChI is InChI=1S/C22H42O7S.Na/c1-2-3-4-5-6-7-8-9-10-11-12-13-14-15-16-17-18-29-21(23)19-20(22(24)25)30(26,27)28;/h20H,2-19H2,1H3,(H,24,25)(H,26,27,28);/q;+1. The van der Waals surface area contributed by atoms with Crippen molar-refractivity contribution < 1.29 is 62.0 Å². The minimum absolute atomic E-state index is 0. The Morgan fingerprint density at radius 2 is 1.10 bits per heavy atom. The van der Waals surface area contributed by atoms with Crippen molar-refractivity contribution in [2.75, 3.05) is 6.61 Å². The van der Waals surface area contributed by atoms with Crippen LogP contribution in [0.1, 0.15) is 116 Å². The molecule has 0 saturated heterocycles. The number of ether oxygens (including phenoxy) is 1. The maximum atomic E-state index is 11.5. The second-order valence-electron chi connectivity index (χ2n) is 8.07. The van der Waals surface area contributed by atoms with Crippen molar-refractivity contribution >= 4 is 22.1 Å². The number of carbonyl (C=O) groups excluding carboxylic acids is 1. The second-order valence-corrected chi connectivity index (χ2v) is 9.67. The van der Waals surface area contributed by atoms with E-state index in [0.29, 0.717) is 6.42 Å². The van der Waals surface area contributed by atoms with Crippen molar-refractivity contribution in [2.45, 2.75) is 121 Å². The van der Waals surface area contributed by atoms with Crippen LogP contribution in [0.5, 0.6) is 0 Å². The molecule has 0 rings (SSSR count). The van der Waals surface area contributed by atoms with E-state index in [2.05, 4.69) is 6.92 Å². The molecular formula is C22H42NaO7S+. The van der Waals surface area contributed by atoms with Gasteiger partial charge in [-0.1, -0.05) is 103 Å². The Morgan fingerprint density at radius 3 is 1.42 bits per heavy atom. The monoisotopic (exact) mass is 473 g/mol. The van der Waals surface area contributed by atoms with Gasteiger partial charge in [-0.15, -0.1) is 0 Å². The number of carboxylic acids is 1. The quantitative estimate of drug-likeness (QED) is 0.114. The molecule has 0 bridgehead atoms. The van der Waals surface area contributed by atoms with E-state index in [1.165, 1.54) is 77.0 Å². The molecule has 1 unspecified atom stereocenters. The number of aliphatic carboxylic acids is 1. The van der Waals surface area contributed by atoms with E-state index in [1.807, 2.05) is 0 Å². The molecular weight excluding hydrogens is 431 g/mol. The molecule has 0 aromatic heterocycles. The zero-order valence-corrected chi connectivity index (χ0v) is 22.5. The van der Waals surface area contributed by atoms with Crippen LogP contribution < -0.4 is 29.6 Å². The summed E-state index contributed by atoms with van der Waals surface area (Å²) in [5.74, 6) is -2.70. The summed E-state index contributed by atoms with van der Waals surface area (Å²) >= 11 is 0. The summed E-state index contributed by atoms with van der Waals surface area (Å²) in [6.07, 6.45) is 18.9. The van der Waals surface area contributed by atoms with Crippen LogP contribution in [-0.4, -0.2) is 41.9 Å². The van der Waals surface area contributed by atoms with Crippen molar-refractivity contribution in [3.8, 4) is 0 Å². The van der Waals surface area contributed by atoms with Crippen LogP contribution in [0.3, 0.4) is 0 Å². The Balaban J connectivity index is 0. The van der Waals surface area contributed by atoms with Crippen LogP contribution in [0, 0.1) is 0 Å². The van der Waals surface area contributed by atoms with E-state index in [0.717, 1.165) is 19.3 Å². The third kappa shape index (κ3) is 21.5. The molecule has 0 aromatic carbocycles. The molecule has 0 aromatic rings. The van der Waals surface area contributed by atoms with Gasteiger partial charge in [0.2, 0.25) is 0 Å². The Morgan fingerprint density at radius 1 is 0.742 bits per heavy atom. The molecule has 2 N–H and O–H groups in total. The maximum Gasteiger partial charge on any atom is 1.00 e. The molecule has 1 atom stereocenters. The number of rotatable bonds is 21. The first-order valence-corrected chi connectivity index (χ1v) is 13.1. The fraction of sp³-hybridized carbons (Fsp3) is 0.909. The molecule has 0 aliphatic rings. The van der Waals surface area contributed by atoms with Gasteiger partial charge < -0.3 is 9.84 Å². The van der Waals surface area contributed by atoms with Gasteiger partial charge in [-0.2, -0.15) is 8.42 Å². The summed E-state index contributed by atoms with van der Waals surface area (Å²) in [6, 6.07) is 0. The predicted molar refractivity (Wildman–Crippen MR) is 118 cm³/mol. The number of unbranched alkanes of at least 4 members (excludes halogenated alkanes) is 15. The van der Waals surface area contributed by atoms with Crippen LogP contribution in [0.15, 0.2) is 0 Å². The average molecular weight is 474 g/mol. The van der Waals surface area contributed by atoms with Gasteiger partial charge in [0.1, 0.15) is 0 Å². The van der Waals surface area contributed by atoms with E-state index in [-0.39, 0.29) is 36.2 Å². The number of carboxylic acid groups (broad SMARTS) is 1. The van der Waals surface area contributed by atoms with Gasteiger partial charge in [0.25, 0.3) is 10.1 Å². The fourth-order valence-electron chi connectivity index (χ4n) is 3.37. The van der Waals surface area contributed by atoms with Crippen LogP contribution >= 0.6 is 0 Å². The van der Waals surface area contributed by atoms with E-state index >= 15 is 0 Å². The number of hydrogen-bond acceptors (Lipinski definition) is 5. The average Bonchev–Trinajstić information content (AvgIpc) is 2.67. The normalized spacial score (nSPS) is 12.2. The van der Waals surface area contributed by atoms with Crippen molar-refractivity contribution in [1.82, 2.24) is 0 Å². The van der Waals surface area contributed by atoms with E-state index in [1.54, 1.807) is 0 Å². The van der Waals surface area contributed by atoms with Crippen molar-refractivity contribution in [1.29, 1.82) is 0 Å². The number of hydrogen-bond donors (Lipinski definition) is 2. The van der Waals surface area contributed by atoms with Gasteiger partial charge in [0.05, 0.1) is 13.0 Å². The maximum absolute atomic E-state index is 11.5. The molecule has 0 aliphatic carbocycles. The van der Waals surface area contributed by atoms with Crippen molar-refractivity contribution in [2.24, 2.45) is 0 Å². The number of carbonyl (C=O) groups is 2. The van der Waals surface area contributed by atoms with Gasteiger partial charge >= 0.3 is 41.5 Å². The van der Waals surface area contributed by atoms with Gasteiger partial charge in [-0.25, -0.2) is 0 Å². The Labute approximate surface area is 211 Å². The fourth-order valence-corrected chi connectivity index (χ4v) is 3.97. The zero-order valence-electron chi connectivity index (χ0n) is 19.6. The van der Waals surface area contributed by atoms with Crippen LogP contribution in [-0.2, 0) is 24.4 Å². The SMILES string of the molecule is CCCCCCCCCCCCCCCCCCOC(=O)CC(C(=O)O)S(=O)(=O)O.[Na+]. The van der Waals surface area contributed by atoms with Gasteiger partial charge in [-0.05, 0) is 6.42 Å². The van der Waals surface area contributed by atoms with Crippen LogP contribution in [0.25, 0.3) is 0 Å². The first-order valence-electron chi connectivity index (χ1n) is 11.6. The molecule has 0 amide bonds. The first-order chi connectivity index (χ1) is 14.3. The smallest absolute Gasteiger partial charge is 0.480 e. The molecule has 0 aliphatic heterocycles. The Kier molecular flexibility index (Phi) is 23.1. The van der Waals surface area contributed by atoms with E-state index in [9.17, 15) is 18.0 Å². The molecule has 0 saturated carbocycles. The van der Waals surface area contributed by atoms with Crippen LogP contribution in [0.4, 0.5) is 0 Å². The van der Waals surface area contributed by atoms with Gasteiger partial charge in [-0.3, -0.25) is 14.1 Å². The van der Waals surface area contributed by atoms with Gasteiger partial charge in [0.15, 0.2) is 5.25 Å². The topological polar surface area (TPSA) is 118 Å². The van der Waals surface area contributed by atoms with Crippen molar-refractivity contribution in [3.63, 3.8) is 0 Å². The molecule has 0 fully saturated rings. The molecule has 0 spiro atoms. The van der Waals surface area contributed by atoms with Gasteiger partial charge in [0, 0.05) is 0 Å². The molecule has 0 heterocycles. The second kappa shape index (κ2) is 21.7. The number of esters is 1. The Hall–Kier alpha value is -0.150. The van der Waals surface area contributed by atoms with E-state index in [4.69, 9.17) is 14.4 Å². The Bertz CT molecular complexity index is 552. The molecule has 9 heteroatoms. The van der Waals surface area contributed by atoms with E-state index < -0.39 is 33.7 Å². The first kappa shape index (κ1) is 33.0. The molecule has 31 heavy (non-hydrogen) atoms. The molecule has 178 valence electrons. The third-order valence-corrected chi connectivity index (χ3v) is 6.34. The molecule has 7 nitrogen and oxygen atoms in total. The summed E-state index contributed by atoms with van der Waals surface area (Å²) in [7, 11) is -4.82. The minimum Gasteiger partial charge on any atom is -0.480 e.